The molecule has 2 rings (SSSR count). The van der Waals surface area contributed by atoms with Crippen molar-refractivity contribution in [1.82, 2.24) is 0 Å². The summed E-state index contributed by atoms with van der Waals surface area (Å²) in [6, 6.07) is 3.74. The fourth-order valence-corrected chi connectivity index (χ4v) is 2.57. The molecule has 1 aromatic rings. The van der Waals surface area contributed by atoms with E-state index in [-0.39, 0.29) is 11.0 Å². The van der Waals surface area contributed by atoms with Crippen molar-refractivity contribution in [2.75, 3.05) is 18.0 Å². The summed E-state index contributed by atoms with van der Waals surface area (Å²) in [4.78, 5) is 2.01. The van der Waals surface area contributed by atoms with Gasteiger partial charge in [0.2, 0.25) is 0 Å². The smallest absolute Gasteiger partial charge is 0.409 e. The standard InChI is InChI=1S/C14H18F3N3O/c1-13(2)5-6-20(8-13)9-3-4-11(14(15,16)17)10(7-9)12(18)19-21/h3-4,7,21H,5-6,8H2,1-2H3,(H2,18,19). The van der Waals surface area contributed by atoms with E-state index in [2.05, 4.69) is 19.0 Å². The molecular weight excluding hydrogens is 283 g/mol. The summed E-state index contributed by atoms with van der Waals surface area (Å²) in [5.41, 5.74) is 4.97. The lowest BCUT2D eigenvalue weighted by Gasteiger charge is -2.23. The SMILES string of the molecule is CC1(C)CCN(c2ccc(C(F)(F)F)c(/C(N)=N/O)c2)C1. The zero-order chi connectivity index (χ0) is 15.8. The molecule has 1 aliphatic rings. The molecule has 0 amide bonds. The third kappa shape index (κ3) is 3.22. The highest BCUT2D eigenvalue weighted by molar-refractivity contribution is 5.99. The Morgan fingerprint density at radius 3 is 2.52 bits per heavy atom. The average Bonchev–Trinajstić information content (AvgIpc) is 2.76. The van der Waals surface area contributed by atoms with E-state index in [1.807, 2.05) is 4.90 Å². The highest BCUT2D eigenvalue weighted by atomic mass is 19.4. The minimum absolute atomic E-state index is 0.124. The number of halogens is 3. The van der Waals surface area contributed by atoms with Gasteiger partial charge in [0.25, 0.3) is 0 Å². The molecule has 0 radical (unpaired) electrons. The number of amidine groups is 1. The topological polar surface area (TPSA) is 61.8 Å². The van der Waals surface area contributed by atoms with E-state index < -0.39 is 17.6 Å². The lowest BCUT2D eigenvalue weighted by Crippen LogP contribution is -2.25. The third-order valence-corrected chi connectivity index (χ3v) is 3.73. The van der Waals surface area contributed by atoms with Crippen LogP contribution in [0.2, 0.25) is 0 Å². The van der Waals surface area contributed by atoms with Crippen LogP contribution in [0.15, 0.2) is 23.4 Å². The maximum absolute atomic E-state index is 13.0. The van der Waals surface area contributed by atoms with Gasteiger partial charge < -0.3 is 15.8 Å². The van der Waals surface area contributed by atoms with Crippen molar-refractivity contribution < 1.29 is 18.4 Å². The first kappa shape index (κ1) is 15.5. The lowest BCUT2D eigenvalue weighted by atomic mass is 9.93. The highest BCUT2D eigenvalue weighted by Crippen LogP contribution is 2.37. The van der Waals surface area contributed by atoms with Crippen LogP contribution in [-0.4, -0.2) is 24.1 Å². The van der Waals surface area contributed by atoms with Gasteiger partial charge in [0.1, 0.15) is 0 Å². The van der Waals surface area contributed by atoms with Gasteiger partial charge in [0.05, 0.1) is 5.56 Å². The summed E-state index contributed by atoms with van der Waals surface area (Å²) >= 11 is 0. The number of nitrogens with two attached hydrogens (primary N) is 1. The molecule has 1 saturated heterocycles. The van der Waals surface area contributed by atoms with E-state index in [0.29, 0.717) is 5.69 Å². The van der Waals surface area contributed by atoms with Crippen LogP contribution in [0.3, 0.4) is 0 Å². The molecule has 1 aromatic carbocycles. The van der Waals surface area contributed by atoms with Crippen LogP contribution < -0.4 is 10.6 Å². The molecular formula is C14H18F3N3O. The van der Waals surface area contributed by atoms with Crippen LogP contribution in [0.4, 0.5) is 18.9 Å². The van der Waals surface area contributed by atoms with Gasteiger partial charge in [0, 0.05) is 24.3 Å². The van der Waals surface area contributed by atoms with Crippen LogP contribution >= 0.6 is 0 Å². The molecule has 0 unspecified atom stereocenters. The molecule has 116 valence electrons. The largest absolute Gasteiger partial charge is 0.417 e. The number of oxime groups is 1. The van der Waals surface area contributed by atoms with Crippen LogP contribution in [-0.2, 0) is 6.18 Å². The normalized spacial score (nSPS) is 19.1. The van der Waals surface area contributed by atoms with E-state index in [0.717, 1.165) is 25.6 Å². The number of hydrogen-bond acceptors (Lipinski definition) is 3. The summed E-state index contributed by atoms with van der Waals surface area (Å²) in [5.74, 6) is -0.539. The van der Waals surface area contributed by atoms with Crippen molar-refractivity contribution >= 4 is 11.5 Å². The fraction of sp³-hybridized carbons (Fsp3) is 0.500. The minimum Gasteiger partial charge on any atom is -0.409 e. The van der Waals surface area contributed by atoms with Crippen molar-refractivity contribution in [3.8, 4) is 0 Å². The van der Waals surface area contributed by atoms with Gasteiger partial charge >= 0.3 is 6.18 Å². The number of alkyl halides is 3. The lowest BCUT2D eigenvalue weighted by molar-refractivity contribution is -0.137. The molecule has 1 heterocycles. The second-order valence-corrected chi connectivity index (χ2v) is 6.05. The van der Waals surface area contributed by atoms with Crippen LogP contribution in [0.1, 0.15) is 31.4 Å². The van der Waals surface area contributed by atoms with E-state index >= 15 is 0 Å². The molecule has 0 spiro atoms. The Morgan fingerprint density at radius 2 is 2.05 bits per heavy atom. The summed E-state index contributed by atoms with van der Waals surface area (Å²) in [5, 5.41) is 11.4. The number of anilines is 1. The van der Waals surface area contributed by atoms with E-state index in [1.54, 1.807) is 0 Å². The fourth-order valence-electron chi connectivity index (χ4n) is 2.57. The Kier molecular flexibility index (Phi) is 3.78. The van der Waals surface area contributed by atoms with Gasteiger partial charge in [-0.3, -0.25) is 0 Å². The summed E-state index contributed by atoms with van der Waals surface area (Å²) in [6.07, 6.45) is -3.58. The molecule has 0 atom stereocenters. The zero-order valence-corrected chi connectivity index (χ0v) is 11.9. The Bertz CT molecular complexity index is 567. The van der Waals surface area contributed by atoms with Gasteiger partial charge in [0.15, 0.2) is 5.84 Å². The molecule has 0 bridgehead atoms. The second kappa shape index (κ2) is 5.13. The van der Waals surface area contributed by atoms with Gasteiger partial charge in [-0.25, -0.2) is 0 Å². The predicted molar refractivity (Wildman–Crippen MR) is 74.6 cm³/mol. The van der Waals surface area contributed by atoms with Crippen molar-refractivity contribution in [2.45, 2.75) is 26.4 Å². The highest BCUT2D eigenvalue weighted by Gasteiger charge is 2.35. The molecule has 1 aliphatic heterocycles. The molecule has 7 heteroatoms. The quantitative estimate of drug-likeness (QED) is 0.382. The van der Waals surface area contributed by atoms with E-state index in [1.165, 1.54) is 12.1 Å². The van der Waals surface area contributed by atoms with E-state index in [4.69, 9.17) is 10.9 Å². The van der Waals surface area contributed by atoms with Crippen molar-refractivity contribution in [3.05, 3.63) is 29.3 Å². The van der Waals surface area contributed by atoms with Gasteiger partial charge in [-0.05, 0) is 30.0 Å². The number of hydrogen-bond donors (Lipinski definition) is 2. The first-order valence-corrected chi connectivity index (χ1v) is 6.58. The Morgan fingerprint density at radius 1 is 1.38 bits per heavy atom. The van der Waals surface area contributed by atoms with Gasteiger partial charge in [-0.1, -0.05) is 19.0 Å². The second-order valence-electron chi connectivity index (χ2n) is 6.05. The average molecular weight is 301 g/mol. The first-order valence-electron chi connectivity index (χ1n) is 6.58. The Balaban J connectivity index is 2.43. The minimum atomic E-state index is -4.55. The summed E-state index contributed by atoms with van der Waals surface area (Å²) < 4.78 is 38.9. The predicted octanol–water partition coefficient (Wildman–Crippen LogP) is 3.04. The molecule has 0 aromatic heterocycles. The number of benzene rings is 1. The van der Waals surface area contributed by atoms with Gasteiger partial charge in [-0.15, -0.1) is 0 Å². The molecule has 1 fully saturated rings. The van der Waals surface area contributed by atoms with Crippen molar-refractivity contribution in [1.29, 1.82) is 0 Å². The van der Waals surface area contributed by atoms with Crippen LogP contribution in [0, 0.1) is 5.41 Å². The molecule has 21 heavy (non-hydrogen) atoms. The number of rotatable bonds is 2. The maximum atomic E-state index is 13.0. The van der Waals surface area contributed by atoms with Gasteiger partial charge in [-0.2, -0.15) is 13.2 Å². The van der Waals surface area contributed by atoms with Crippen molar-refractivity contribution in [3.63, 3.8) is 0 Å². The first-order chi connectivity index (χ1) is 9.64. The third-order valence-electron chi connectivity index (χ3n) is 3.73. The summed E-state index contributed by atoms with van der Waals surface area (Å²) in [7, 11) is 0. The maximum Gasteiger partial charge on any atom is 0.417 e. The molecule has 0 aliphatic carbocycles. The van der Waals surface area contributed by atoms with Crippen LogP contribution in [0.5, 0.6) is 0 Å². The number of nitrogens with zero attached hydrogens (tertiary/aromatic N) is 2. The Hall–Kier alpha value is -1.92. The summed E-state index contributed by atoms with van der Waals surface area (Å²) in [6.45, 7) is 5.75. The molecule has 4 nitrogen and oxygen atoms in total. The monoisotopic (exact) mass is 301 g/mol. The molecule has 0 saturated carbocycles. The van der Waals surface area contributed by atoms with E-state index in [9.17, 15) is 13.2 Å². The van der Waals surface area contributed by atoms with Crippen LogP contribution in [0.25, 0.3) is 0 Å². The molecule has 3 N–H and O–H groups in total. The zero-order valence-electron chi connectivity index (χ0n) is 11.9. The van der Waals surface area contributed by atoms with Crippen molar-refractivity contribution in [2.24, 2.45) is 16.3 Å². The Labute approximate surface area is 121 Å².